The number of hydrogen-bond acceptors (Lipinski definition) is 3. The van der Waals surface area contributed by atoms with Crippen LogP contribution in [0.15, 0.2) is 12.3 Å². The van der Waals surface area contributed by atoms with Gasteiger partial charge in [0.15, 0.2) is 0 Å². The predicted molar refractivity (Wildman–Crippen MR) is 58.3 cm³/mol. The van der Waals surface area contributed by atoms with E-state index >= 15 is 0 Å². The second kappa shape index (κ2) is 4.33. The molecular weight excluding hydrogens is 190 g/mol. The van der Waals surface area contributed by atoms with Crippen LogP contribution in [0.3, 0.4) is 0 Å². The number of ether oxygens (including phenoxy) is 1. The highest BCUT2D eigenvalue weighted by Gasteiger charge is 2.33. The Kier molecular flexibility index (Phi) is 3.07. The van der Waals surface area contributed by atoms with Crippen LogP contribution in [0.5, 0.6) is 0 Å². The monoisotopic (exact) mass is 209 g/mol. The van der Waals surface area contributed by atoms with Gasteiger partial charge in [0.2, 0.25) is 0 Å². The van der Waals surface area contributed by atoms with Crippen molar-refractivity contribution in [3.05, 3.63) is 18.0 Å². The summed E-state index contributed by atoms with van der Waals surface area (Å²) < 4.78 is 7.52. The summed E-state index contributed by atoms with van der Waals surface area (Å²) in [6.07, 6.45) is 4.21. The molecule has 0 spiro atoms. The summed E-state index contributed by atoms with van der Waals surface area (Å²) in [7, 11) is 1.94. The average Bonchev–Trinajstić information content (AvgIpc) is 2.84. The third-order valence-corrected chi connectivity index (χ3v) is 3.32. The molecule has 15 heavy (non-hydrogen) atoms. The molecule has 2 rings (SSSR count). The summed E-state index contributed by atoms with van der Waals surface area (Å²) in [5.41, 5.74) is 7.37. The fourth-order valence-corrected chi connectivity index (χ4v) is 2.43. The van der Waals surface area contributed by atoms with Crippen LogP contribution < -0.4 is 5.73 Å². The number of nitrogens with zero attached hydrogens (tertiary/aromatic N) is 2. The molecule has 1 aliphatic heterocycles. The van der Waals surface area contributed by atoms with Crippen LogP contribution in [-0.2, 0) is 11.8 Å². The third kappa shape index (κ3) is 1.92. The largest absolute Gasteiger partial charge is 0.378 e. The molecule has 1 aliphatic rings. The topological polar surface area (TPSA) is 53.1 Å². The third-order valence-electron chi connectivity index (χ3n) is 3.32. The second-order valence-electron chi connectivity index (χ2n) is 4.18. The van der Waals surface area contributed by atoms with E-state index in [1.807, 2.05) is 17.8 Å². The zero-order chi connectivity index (χ0) is 10.8. The lowest BCUT2D eigenvalue weighted by Crippen LogP contribution is -2.29. The number of hydrogen-bond donors (Lipinski definition) is 1. The van der Waals surface area contributed by atoms with E-state index in [1.165, 1.54) is 0 Å². The van der Waals surface area contributed by atoms with E-state index in [0.717, 1.165) is 25.1 Å². The average molecular weight is 209 g/mol. The highest BCUT2D eigenvalue weighted by molar-refractivity contribution is 5.08. The number of rotatable bonds is 3. The standard InChI is InChI=1S/C11H19N3O/c1-3-10-8(5-7-15-10)11(12)9-4-6-13-14(9)2/h4,6,8,10-11H,3,5,7,12H2,1-2H3. The summed E-state index contributed by atoms with van der Waals surface area (Å²) in [4.78, 5) is 0. The molecule has 1 saturated heterocycles. The first-order chi connectivity index (χ1) is 7.24. The van der Waals surface area contributed by atoms with Crippen molar-refractivity contribution in [2.24, 2.45) is 18.7 Å². The van der Waals surface area contributed by atoms with Crippen LogP contribution in [0.4, 0.5) is 0 Å². The van der Waals surface area contributed by atoms with Gasteiger partial charge in [-0.15, -0.1) is 0 Å². The summed E-state index contributed by atoms with van der Waals surface area (Å²) in [5.74, 6) is 0.436. The molecule has 4 heteroatoms. The molecule has 84 valence electrons. The molecule has 0 aromatic carbocycles. The van der Waals surface area contributed by atoms with Gasteiger partial charge in [0, 0.05) is 25.8 Å². The minimum absolute atomic E-state index is 0.0462. The van der Waals surface area contributed by atoms with Crippen LogP contribution in [0.1, 0.15) is 31.5 Å². The minimum atomic E-state index is 0.0462. The first kappa shape index (κ1) is 10.6. The highest BCUT2D eigenvalue weighted by atomic mass is 16.5. The van der Waals surface area contributed by atoms with Crippen molar-refractivity contribution < 1.29 is 4.74 Å². The van der Waals surface area contributed by atoms with Crippen LogP contribution >= 0.6 is 0 Å². The van der Waals surface area contributed by atoms with Gasteiger partial charge in [-0.25, -0.2) is 0 Å². The molecule has 2 N–H and O–H groups in total. The Morgan fingerprint density at radius 2 is 2.53 bits per heavy atom. The minimum Gasteiger partial charge on any atom is -0.378 e. The summed E-state index contributed by atoms with van der Waals surface area (Å²) in [6.45, 7) is 2.99. The van der Waals surface area contributed by atoms with E-state index in [2.05, 4.69) is 12.0 Å². The zero-order valence-corrected chi connectivity index (χ0v) is 9.39. The second-order valence-corrected chi connectivity index (χ2v) is 4.18. The highest BCUT2D eigenvalue weighted by Crippen LogP contribution is 2.32. The molecule has 0 radical (unpaired) electrons. The molecule has 3 atom stereocenters. The van der Waals surface area contributed by atoms with Gasteiger partial charge < -0.3 is 10.5 Å². The van der Waals surface area contributed by atoms with Gasteiger partial charge in [0.1, 0.15) is 0 Å². The number of nitrogens with two attached hydrogens (primary N) is 1. The van der Waals surface area contributed by atoms with E-state index in [-0.39, 0.29) is 6.04 Å². The van der Waals surface area contributed by atoms with Crippen molar-refractivity contribution in [2.45, 2.75) is 31.9 Å². The van der Waals surface area contributed by atoms with Gasteiger partial charge >= 0.3 is 0 Å². The normalized spacial score (nSPS) is 28.2. The summed E-state index contributed by atoms with van der Waals surface area (Å²) >= 11 is 0. The SMILES string of the molecule is CCC1OCCC1C(N)c1ccnn1C. The smallest absolute Gasteiger partial charge is 0.0620 e. The first-order valence-corrected chi connectivity index (χ1v) is 5.59. The van der Waals surface area contributed by atoms with Gasteiger partial charge in [-0.3, -0.25) is 4.68 Å². The fraction of sp³-hybridized carbons (Fsp3) is 0.727. The molecule has 0 bridgehead atoms. The van der Waals surface area contributed by atoms with Crippen LogP contribution in [-0.4, -0.2) is 22.5 Å². The summed E-state index contributed by atoms with van der Waals surface area (Å²) in [6, 6.07) is 2.04. The molecule has 1 aromatic heterocycles. The van der Waals surface area contributed by atoms with E-state index in [0.29, 0.717) is 12.0 Å². The maximum absolute atomic E-state index is 6.27. The molecule has 1 aromatic rings. The Morgan fingerprint density at radius 1 is 1.73 bits per heavy atom. The lowest BCUT2D eigenvalue weighted by atomic mass is 9.90. The lowest BCUT2D eigenvalue weighted by molar-refractivity contribution is 0.0806. The van der Waals surface area contributed by atoms with Gasteiger partial charge in [-0.05, 0) is 18.9 Å². The van der Waals surface area contributed by atoms with Gasteiger partial charge in [-0.2, -0.15) is 5.10 Å². The molecule has 1 fully saturated rings. The first-order valence-electron chi connectivity index (χ1n) is 5.59. The molecule has 2 heterocycles. The zero-order valence-electron chi connectivity index (χ0n) is 9.39. The van der Waals surface area contributed by atoms with Gasteiger partial charge in [-0.1, -0.05) is 6.92 Å². The Morgan fingerprint density at radius 3 is 3.13 bits per heavy atom. The Balaban J connectivity index is 2.13. The lowest BCUT2D eigenvalue weighted by Gasteiger charge is -2.23. The molecule has 3 unspecified atom stereocenters. The van der Waals surface area contributed by atoms with E-state index in [1.54, 1.807) is 6.20 Å². The molecule has 0 saturated carbocycles. The van der Waals surface area contributed by atoms with E-state index in [4.69, 9.17) is 10.5 Å². The number of aryl methyl sites for hydroxylation is 1. The van der Waals surface area contributed by atoms with E-state index in [9.17, 15) is 0 Å². The summed E-state index contributed by atoms with van der Waals surface area (Å²) in [5, 5.41) is 4.16. The van der Waals surface area contributed by atoms with Crippen molar-refractivity contribution >= 4 is 0 Å². The van der Waals surface area contributed by atoms with Gasteiger partial charge in [0.05, 0.1) is 17.8 Å². The molecule has 0 aliphatic carbocycles. The van der Waals surface area contributed by atoms with Crippen molar-refractivity contribution in [3.8, 4) is 0 Å². The van der Waals surface area contributed by atoms with Crippen molar-refractivity contribution in [2.75, 3.05) is 6.61 Å². The molecule has 0 amide bonds. The van der Waals surface area contributed by atoms with E-state index < -0.39 is 0 Å². The predicted octanol–water partition coefficient (Wildman–Crippen LogP) is 1.24. The molecule has 4 nitrogen and oxygen atoms in total. The van der Waals surface area contributed by atoms with Crippen LogP contribution in [0.25, 0.3) is 0 Å². The Hall–Kier alpha value is -0.870. The fourth-order valence-electron chi connectivity index (χ4n) is 2.43. The van der Waals surface area contributed by atoms with Crippen LogP contribution in [0.2, 0.25) is 0 Å². The Bertz CT molecular complexity index is 323. The number of aromatic nitrogens is 2. The quantitative estimate of drug-likeness (QED) is 0.814. The maximum Gasteiger partial charge on any atom is 0.0620 e. The Labute approximate surface area is 90.4 Å². The maximum atomic E-state index is 6.27. The molecular formula is C11H19N3O. The van der Waals surface area contributed by atoms with Crippen molar-refractivity contribution in [1.29, 1.82) is 0 Å². The van der Waals surface area contributed by atoms with Crippen LogP contribution in [0, 0.1) is 5.92 Å². The van der Waals surface area contributed by atoms with Crippen molar-refractivity contribution in [3.63, 3.8) is 0 Å². The van der Waals surface area contributed by atoms with Gasteiger partial charge in [0.25, 0.3) is 0 Å². The van der Waals surface area contributed by atoms with Crippen molar-refractivity contribution in [1.82, 2.24) is 9.78 Å².